The van der Waals surface area contributed by atoms with Gasteiger partial charge in [0.25, 0.3) is 0 Å². The first-order chi connectivity index (χ1) is 10.6. The molecule has 2 rings (SSSR count). The lowest BCUT2D eigenvalue weighted by molar-refractivity contribution is 0.0702. The van der Waals surface area contributed by atoms with Crippen LogP contribution >= 0.6 is 11.3 Å². The highest BCUT2D eigenvalue weighted by molar-refractivity contribution is 7.17. The van der Waals surface area contributed by atoms with Gasteiger partial charge in [-0.25, -0.2) is 9.18 Å². The molecular formula is C16H14FNO3S. The molecule has 0 unspecified atom stereocenters. The summed E-state index contributed by atoms with van der Waals surface area (Å²) in [6.45, 7) is 2.34. The van der Waals surface area contributed by atoms with Crippen molar-refractivity contribution in [1.82, 2.24) is 0 Å². The maximum absolute atomic E-state index is 14.2. The highest BCUT2D eigenvalue weighted by Crippen LogP contribution is 2.33. The SMILES string of the molecule is CCCCOc1c(F)cc(-c2ccc(C(=O)O)s2)cc1C#N. The number of rotatable bonds is 6. The Morgan fingerprint density at radius 2 is 2.23 bits per heavy atom. The van der Waals surface area contributed by atoms with Gasteiger partial charge in [0.2, 0.25) is 0 Å². The summed E-state index contributed by atoms with van der Waals surface area (Å²) >= 11 is 1.03. The lowest BCUT2D eigenvalue weighted by Gasteiger charge is -2.10. The standard InChI is InChI=1S/C16H14FNO3S/c1-2-3-6-21-15-11(9-18)7-10(8-12(15)17)13-4-5-14(22-13)16(19)20/h4-5,7-8H,2-3,6H2,1H3,(H,19,20). The molecule has 2 aromatic rings. The molecule has 0 spiro atoms. The Balaban J connectivity index is 2.36. The zero-order chi connectivity index (χ0) is 16.1. The average Bonchev–Trinajstić information content (AvgIpc) is 2.98. The van der Waals surface area contributed by atoms with Crippen molar-refractivity contribution in [2.45, 2.75) is 19.8 Å². The summed E-state index contributed by atoms with van der Waals surface area (Å²) in [5, 5.41) is 18.1. The largest absolute Gasteiger partial charge is 0.489 e. The van der Waals surface area contributed by atoms with E-state index in [0.717, 1.165) is 24.2 Å². The first-order valence-corrected chi connectivity index (χ1v) is 7.58. The Kier molecular flexibility index (Phi) is 5.12. The zero-order valence-corrected chi connectivity index (χ0v) is 12.7. The third-order valence-electron chi connectivity index (χ3n) is 3.01. The average molecular weight is 319 g/mol. The predicted molar refractivity (Wildman–Crippen MR) is 81.8 cm³/mol. The van der Waals surface area contributed by atoms with Crippen molar-refractivity contribution in [1.29, 1.82) is 5.26 Å². The van der Waals surface area contributed by atoms with Gasteiger partial charge in [-0.2, -0.15) is 5.26 Å². The number of carboxylic acids is 1. The molecule has 1 heterocycles. The van der Waals surface area contributed by atoms with E-state index >= 15 is 0 Å². The summed E-state index contributed by atoms with van der Waals surface area (Å²) in [5.41, 5.74) is 0.575. The van der Waals surface area contributed by atoms with Gasteiger partial charge in [-0.3, -0.25) is 0 Å². The van der Waals surface area contributed by atoms with Crippen LogP contribution in [0.2, 0.25) is 0 Å². The molecule has 0 atom stereocenters. The van der Waals surface area contributed by atoms with Gasteiger partial charge in [-0.1, -0.05) is 13.3 Å². The second-order valence-electron chi connectivity index (χ2n) is 4.62. The van der Waals surface area contributed by atoms with Crippen molar-refractivity contribution >= 4 is 17.3 Å². The van der Waals surface area contributed by atoms with Gasteiger partial charge in [0.1, 0.15) is 10.9 Å². The molecule has 0 saturated heterocycles. The topological polar surface area (TPSA) is 70.3 Å². The highest BCUT2D eigenvalue weighted by atomic mass is 32.1. The van der Waals surface area contributed by atoms with Crippen LogP contribution in [0.25, 0.3) is 10.4 Å². The van der Waals surface area contributed by atoms with Crippen LogP contribution in [0.5, 0.6) is 5.75 Å². The molecular weight excluding hydrogens is 305 g/mol. The van der Waals surface area contributed by atoms with Crippen LogP contribution in [0.15, 0.2) is 24.3 Å². The number of nitriles is 1. The molecule has 1 aromatic carbocycles. The molecule has 0 saturated carbocycles. The van der Waals surface area contributed by atoms with Crippen molar-refractivity contribution in [3.8, 4) is 22.3 Å². The fraction of sp³-hybridized carbons (Fsp3) is 0.250. The molecule has 0 aliphatic rings. The predicted octanol–water partition coefficient (Wildman–Crippen LogP) is 4.30. The molecule has 22 heavy (non-hydrogen) atoms. The van der Waals surface area contributed by atoms with Crippen LogP contribution in [0.1, 0.15) is 35.0 Å². The van der Waals surface area contributed by atoms with Crippen LogP contribution in [0, 0.1) is 17.1 Å². The number of aromatic carboxylic acids is 1. The van der Waals surface area contributed by atoms with Gasteiger partial charge in [-0.05, 0) is 36.2 Å². The van der Waals surface area contributed by atoms with Crippen molar-refractivity contribution in [2.75, 3.05) is 6.61 Å². The fourth-order valence-electron chi connectivity index (χ4n) is 1.89. The first-order valence-electron chi connectivity index (χ1n) is 6.76. The van der Waals surface area contributed by atoms with Crippen molar-refractivity contribution in [2.24, 2.45) is 0 Å². The van der Waals surface area contributed by atoms with Crippen molar-refractivity contribution in [3.05, 3.63) is 40.5 Å². The van der Waals surface area contributed by atoms with Gasteiger partial charge < -0.3 is 9.84 Å². The molecule has 4 nitrogen and oxygen atoms in total. The Bertz CT molecular complexity index is 733. The van der Waals surface area contributed by atoms with Crippen LogP contribution in [-0.4, -0.2) is 17.7 Å². The number of benzene rings is 1. The third kappa shape index (κ3) is 3.43. The van der Waals surface area contributed by atoms with E-state index in [1.165, 1.54) is 18.2 Å². The lowest BCUT2D eigenvalue weighted by Crippen LogP contribution is -2.01. The van der Waals surface area contributed by atoms with Gasteiger partial charge >= 0.3 is 5.97 Å². The zero-order valence-electron chi connectivity index (χ0n) is 11.9. The monoisotopic (exact) mass is 319 g/mol. The van der Waals surface area contributed by atoms with E-state index < -0.39 is 11.8 Å². The first kappa shape index (κ1) is 16.0. The Hall–Kier alpha value is -2.39. The van der Waals surface area contributed by atoms with E-state index in [9.17, 15) is 14.4 Å². The van der Waals surface area contributed by atoms with Crippen LogP contribution < -0.4 is 4.74 Å². The molecule has 1 N–H and O–H groups in total. The quantitative estimate of drug-likeness (QED) is 0.806. The maximum Gasteiger partial charge on any atom is 0.345 e. The second kappa shape index (κ2) is 7.05. The number of carboxylic acid groups (broad SMARTS) is 1. The lowest BCUT2D eigenvalue weighted by atomic mass is 10.1. The van der Waals surface area contributed by atoms with Crippen LogP contribution in [-0.2, 0) is 0 Å². The van der Waals surface area contributed by atoms with E-state index in [0.29, 0.717) is 17.0 Å². The Labute approximate surface area is 131 Å². The minimum absolute atomic E-state index is 0.0466. The number of halogens is 1. The van der Waals surface area contributed by atoms with Gasteiger partial charge in [0.05, 0.1) is 12.2 Å². The van der Waals surface area contributed by atoms with E-state index in [4.69, 9.17) is 9.84 Å². The summed E-state index contributed by atoms with van der Waals surface area (Å²) in [6.07, 6.45) is 1.69. The van der Waals surface area contributed by atoms with E-state index in [-0.39, 0.29) is 16.2 Å². The van der Waals surface area contributed by atoms with Crippen molar-refractivity contribution < 1.29 is 19.0 Å². The third-order valence-corrected chi connectivity index (χ3v) is 4.13. The summed E-state index contributed by atoms with van der Waals surface area (Å²) in [6, 6.07) is 7.76. The summed E-state index contributed by atoms with van der Waals surface area (Å²) in [7, 11) is 0. The second-order valence-corrected chi connectivity index (χ2v) is 5.70. The minimum Gasteiger partial charge on any atom is -0.489 e. The Morgan fingerprint density at radius 3 is 2.82 bits per heavy atom. The van der Waals surface area contributed by atoms with Gasteiger partial charge in [0, 0.05) is 4.88 Å². The molecule has 0 amide bonds. The molecule has 0 aliphatic heterocycles. The molecule has 6 heteroatoms. The number of ether oxygens (including phenoxy) is 1. The van der Waals surface area contributed by atoms with Gasteiger partial charge in [-0.15, -0.1) is 11.3 Å². The minimum atomic E-state index is -1.03. The molecule has 1 aromatic heterocycles. The summed E-state index contributed by atoms with van der Waals surface area (Å²) in [5.74, 6) is -1.69. The molecule has 0 fully saturated rings. The smallest absolute Gasteiger partial charge is 0.345 e. The maximum atomic E-state index is 14.2. The highest BCUT2D eigenvalue weighted by Gasteiger charge is 2.15. The van der Waals surface area contributed by atoms with E-state index in [1.807, 2.05) is 13.0 Å². The normalized spacial score (nSPS) is 10.2. The van der Waals surface area contributed by atoms with Gasteiger partial charge in [0.15, 0.2) is 11.6 Å². The number of hydrogen-bond acceptors (Lipinski definition) is 4. The fourth-order valence-corrected chi connectivity index (χ4v) is 2.72. The van der Waals surface area contributed by atoms with E-state index in [1.54, 1.807) is 6.07 Å². The number of unbranched alkanes of at least 4 members (excludes halogenated alkanes) is 1. The van der Waals surface area contributed by atoms with Crippen molar-refractivity contribution in [3.63, 3.8) is 0 Å². The number of thiophene rings is 1. The number of hydrogen-bond donors (Lipinski definition) is 1. The molecule has 0 bridgehead atoms. The molecule has 0 aliphatic carbocycles. The van der Waals surface area contributed by atoms with Crippen LogP contribution in [0.3, 0.4) is 0 Å². The molecule has 114 valence electrons. The Morgan fingerprint density at radius 1 is 1.45 bits per heavy atom. The summed E-state index contributed by atoms with van der Waals surface area (Å²) in [4.78, 5) is 11.7. The number of carbonyl (C=O) groups is 1. The molecule has 0 radical (unpaired) electrons. The van der Waals surface area contributed by atoms with E-state index in [2.05, 4.69) is 0 Å². The van der Waals surface area contributed by atoms with Crippen LogP contribution in [0.4, 0.5) is 4.39 Å². The summed E-state index contributed by atoms with van der Waals surface area (Å²) < 4.78 is 19.5. The number of nitrogens with zero attached hydrogens (tertiary/aromatic N) is 1.